The van der Waals surface area contributed by atoms with Gasteiger partial charge in [0.05, 0.1) is 0 Å². The zero-order chi connectivity index (χ0) is 10.7. The summed E-state index contributed by atoms with van der Waals surface area (Å²) in [6, 6.07) is 0. The van der Waals surface area contributed by atoms with E-state index >= 15 is 0 Å². The number of nitrogens with zero attached hydrogens (tertiary/aromatic N) is 2. The fourth-order valence-corrected chi connectivity index (χ4v) is 1.82. The third kappa shape index (κ3) is 2.29. The molecular weight excluding hydrogens is 194 g/mol. The molecule has 2 rings (SSSR count). The molecule has 5 heteroatoms. The van der Waals surface area contributed by atoms with Crippen LogP contribution in [0.4, 0.5) is 4.79 Å². The second kappa shape index (κ2) is 4.33. The number of carboxylic acid groups (broad SMARTS) is 1. The van der Waals surface area contributed by atoms with Crippen LogP contribution in [-0.4, -0.2) is 27.3 Å². The molecule has 5 nitrogen and oxygen atoms in total. The van der Waals surface area contributed by atoms with Crippen molar-refractivity contribution < 1.29 is 9.90 Å². The van der Waals surface area contributed by atoms with Gasteiger partial charge in [0.2, 0.25) is 0 Å². The van der Waals surface area contributed by atoms with Gasteiger partial charge in [0, 0.05) is 31.4 Å². The van der Waals surface area contributed by atoms with Gasteiger partial charge in [-0.05, 0) is 12.8 Å². The Bertz CT molecular complexity index is 344. The molecule has 1 aromatic heterocycles. The van der Waals surface area contributed by atoms with Crippen molar-refractivity contribution in [1.82, 2.24) is 14.9 Å². The van der Waals surface area contributed by atoms with E-state index in [0.29, 0.717) is 19.0 Å². The topological polar surface area (TPSA) is 67.2 Å². The molecule has 1 heterocycles. The third-order valence-electron chi connectivity index (χ3n) is 2.85. The number of amides is 1. The Balaban J connectivity index is 1.89. The first kappa shape index (κ1) is 10.0. The molecule has 15 heavy (non-hydrogen) atoms. The summed E-state index contributed by atoms with van der Waals surface area (Å²) in [7, 11) is 0. The minimum absolute atomic E-state index is 0.436. The van der Waals surface area contributed by atoms with Crippen LogP contribution >= 0.6 is 0 Å². The Hall–Kier alpha value is -1.52. The number of hydrogen-bond acceptors (Lipinski definition) is 2. The number of rotatable bonds is 4. The molecule has 2 N–H and O–H groups in total. The maximum Gasteiger partial charge on any atom is 0.404 e. The van der Waals surface area contributed by atoms with Gasteiger partial charge < -0.3 is 15.0 Å². The van der Waals surface area contributed by atoms with Crippen molar-refractivity contribution >= 4 is 6.09 Å². The molecule has 0 atom stereocenters. The van der Waals surface area contributed by atoms with Gasteiger partial charge in [-0.3, -0.25) is 0 Å². The van der Waals surface area contributed by atoms with Crippen LogP contribution in [0, 0.1) is 0 Å². The second-order valence-electron chi connectivity index (χ2n) is 3.84. The number of imidazole rings is 1. The van der Waals surface area contributed by atoms with Crippen molar-refractivity contribution in [3.8, 4) is 0 Å². The van der Waals surface area contributed by atoms with Crippen molar-refractivity contribution in [2.75, 3.05) is 6.54 Å². The first-order valence-electron chi connectivity index (χ1n) is 5.25. The smallest absolute Gasteiger partial charge is 0.404 e. The Morgan fingerprint density at radius 1 is 1.67 bits per heavy atom. The van der Waals surface area contributed by atoms with Crippen molar-refractivity contribution in [1.29, 1.82) is 0 Å². The Kier molecular flexibility index (Phi) is 2.89. The van der Waals surface area contributed by atoms with Crippen LogP contribution < -0.4 is 5.32 Å². The van der Waals surface area contributed by atoms with Gasteiger partial charge in [-0.15, -0.1) is 0 Å². The highest BCUT2D eigenvalue weighted by Crippen LogP contribution is 2.35. The lowest BCUT2D eigenvalue weighted by molar-refractivity contribution is 0.194. The zero-order valence-corrected chi connectivity index (χ0v) is 8.52. The first-order valence-corrected chi connectivity index (χ1v) is 5.25. The quantitative estimate of drug-likeness (QED) is 0.788. The predicted molar refractivity (Wildman–Crippen MR) is 54.8 cm³/mol. The molecule has 1 saturated carbocycles. The maximum absolute atomic E-state index is 10.3. The molecule has 0 aliphatic heterocycles. The molecule has 1 amide bonds. The largest absolute Gasteiger partial charge is 0.465 e. The molecule has 0 spiro atoms. The summed E-state index contributed by atoms with van der Waals surface area (Å²) in [6.45, 7) is 1.10. The van der Waals surface area contributed by atoms with Crippen LogP contribution in [0.5, 0.6) is 0 Å². The average Bonchev–Trinajstić information content (AvgIpc) is 2.50. The van der Waals surface area contributed by atoms with Crippen LogP contribution in [0.1, 0.15) is 31.0 Å². The monoisotopic (exact) mass is 209 g/mol. The third-order valence-corrected chi connectivity index (χ3v) is 2.85. The lowest BCUT2D eigenvalue weighted by Gasteiger charge is -2.25. The fourth-order valence-electron chi connectivity index (χ4n) is 1.82. The highest BCUT2D eigenvalue weighted by Gasteiger charge is 2.23. The molecule has 0 radical (unpaired) electrons. The van der Waals surface area contributed by atoms with Gasteiger partial charge in [0.15, 0.2) is 0 Å². The van der Waals surface area contributed by atoms with Crippen molar-refractivity contribution in [2.45, 2.75) is 31.7 Å². The standard InChI is InChI=1S/C10H15N3O2/c14-10(15)12-5-7-13-6-4-11-9(13)8-2-1-3-8/h4,6,8,12H,1-3,5,7H2,(H,14,15). The lowest BCUT2D eigenvalue weighted by atomic mass is 9.85. The average molecular weight is 209 g/mol. The van der Waals surface area contributed by atoms with Gasteiger partial charge in [0.1, 0.15) is 5.82 Å². The number of nitrogens with one attached hydrogen (secondary N) is 1. The predicted octanol–water partition coefficient (Wildman–Crippen LogP) is 1.42. The summed E-state index contributed by atoms with van der Waals surface area (Å²) in [5.74, 6) is 1.69. The van der Waals surface area contributed by atoms with E-state index in [1.807, 2.05) is 10.8 Å². The van der Waals surface area contributed by atoms with Gasteiger partial charge in [0.25, 0.3) is 0 Å². The summed E-state index contributed by atoms with van der Waals surface area (Å²) in [5.41, 5.74) is 0. The molecule has 0 aromatic carbocycles. The van der Waals surface area contributed by atoms with E-state index in [1.165, 1.54) is 19.3 Å². The molecule has 0 bridgehead atoms. The minimum Gasteiger partial charge on any atom is -0.465 e. The van der Waals surface area contributed by atoms with Gasteiger partial charge in [-0.25, -0.2) is 9.78 Å². The van der Waals surface area contributed by atoms with E-state index in [4.69, 9.17) is 5.11 Å². The van der Waals surface area contributed by atoms with Gasteiger partial charge in [-0.1, -0.05) is 6.42 Å². The van der Waals surface area contributed by atoms with Gasteiger partial charge >= 0.3 is 6.09 Å². The Morgan fingerprint density at radius 2 is 2.47 bits per heavy atom. The van der Waals surface area contributed by atoms with Crippen molar-refractivity contribution in [2.24, 2.45) is 0 Å². The number of aromatic nitrogens is 2. The SMILES string of the molecule is O=C(O)NCCn1ccnc1C1CCC1. The van der Waals surface area contributed by atoms with E-state index in [1.54, 1.807) is 6.20 Å². The molecule has 0 saturated heterocycles. The lowest BCUT2D eigenvalue weighted by Crippen LogP contribution is -2.26. The zero-order valence-electron chi connectivity index (χ0n) is 8.52. The van der Waals surface area contributed by atoms with Gasteiger partial charge in [-0.2, -0.15) is 0 Å². The summed E-state index contributed by atoms with van der Waals surface area (Å²) in [5, 5.41) is 10.8. The molecule has 0 unspecified atom stereocenters. The number of hydrogen-bond donors (Lipinski definition) is 2. The number of carbonyl (C=O) groups is 1. The Labute approximate surface area is 88.1 Å². The Morgan fingerprint density at radius 3 is 3.07 bits per heavy atom. The molecule has 1 aliphatic carbocycles. The summed E-state index contributed by atoms with van der Waals surface area (Å²) >= 11 is 0. The van der Waals surface area contributed by atoms with E-state index in [9.17, 15) is 4.79 Å². The summed E-state index contributed by atoms with van der Waals surface area (Å²) in [6.07, 6.45) is 6.43. The van der Waals surface area contributed by atoms with Crippen molar-refractivity contribution in [3.05, 3.63) is 18.2 Å². The van der Waals surface area contributed by atoms with E-state index in [-0.39, 0.29) is 0 Å². The normalized spacial score (nSPS) is 16.0. The molecule has 1 aromatic rings. The molecule has 82 valence electrons. The molecular formula is C10H15N3O2. The molecule has 1 fully saturated rings. The summed E-state index contributed by atoms with van der Waals surface area (Å²) < 4.78 is 2.04. The second-order valence-corrected chi connectivity index (χ2v) is 3.84. The highest BCUT2D eigenvalue weighted by molar-refractivity contribution is 5.64. The first-order chi connectivity index (χ1) is 7.27. The van der Waals surface area contributed by atoms with Crippen LogP contribution in [-0.2, 0) is 6.54 Å². The van der Waals surface area contributed by atoms with Crippen LogP contribution in [0.25, 0.3) is 0 Å². The van der Waals surface area contributed by atoms with Crippen LogP contribution in [0.2, 0.25) is 0 Å². The minimum atomic E-state index is -0.972. The maximum atomic E-state index is 10.3. The summed E-state index contributed by atoms with van der Waals surface area (Å²) in [4.78, 5) is 14.6. The molecule has 1 aliphatic rings. The fraction of sp³-hybridized carbons (Fsp3) is 0.600. The van der Waals surface area contributed by atoms with E-state index < -0.39 is 6.09 Å². The van der Waals surface area contributed by atoms with Crippen LogP contribution in [0.15, 0.2) is 12.4 Å². The van der Waals surface area contributed by atoms with E-state index in [2.05, 4.69) is 10.3 Å². The van der Waals surface area contributed by atoms with Crippen molar-refractivity contribution in [3.63, 3.8) is 0 Å². The van der Waals surface area contributed by atoms with Crippen LogP contribution in [0.3, 0.4) is 0 Å². The highest BCUT2D eigenvalue weighted by atomic mass is 16.4. The van der Waals surface area contributed by atoms with E-state index in [0.717, 1.165) is 5.82 Å².